The van der Waals surface area contributed by atoms with Crippen molar-refractivity contribution in [3.8, 4) is 0 Å². The van der Waals surface area contributed by atoms with E-state index < -0.39 is 11.7 Å². The minimum absolute atomic E-state index is 0.130. The smallest absolute Gasteiger partial charge is 0.267 e. The minimum Gasteiger partial charge on any atom is -0.391 e. The summed E-state index contributed by atoms with van der Waals surface area (Å²) in [4.78, 5) is 14.8. The zero-order chi connectivity index (χ0) is 20.3. The number of hydrogen-bond donors (Lipinski definition) is 3. The van der Waals surface area contributed by atoms with Crippen molar-refractivity contribution in [2.24, 2.45) is 0 Å². The molecule has 3 fully saturated rings. The molecule has 3 aliphatic rings. The highest BCUT2D eigenvalue weighted by atomic mass is 16.3. The van der Waals surface area contributed by atoms with Gasteiger partial charge in [0.05, 0.1) is 17.7 Å². The van der Waals surface area contributed by atoms with Gasteiger partial charge in [0.15, 0.2) is 0 Å². The summed E-state index contributed by atoms with van der Waals surface area (Å²) < 4.78 is 1.53. The molecular weight excluding hydrogens is 368 g/mol. The van der Waals surface area contributed by atoms with Crippen LogP contribution >= 0.6 is 0 Å². The van der Waals surface area contributed by atoms with Crippen LogP contribution in [0.3, 0.4) is 0 Å². The Morgan fingerprint density at radius 1 is 1.07 bits per heavy atom. The van der Waals surface area contributed by atoms with Crippen molar-refractivity contribution >= 4 is 5.82 Å². The average Bonchev–Trinajstić information content (AvgIpc) is 3.16. The maximum absolute atomic E-state index is 12.5. The summed E-state index contributed by atoms with van der Waals surface area (Å²) in [6.45, 7) is 2.39. The molecule has 2 aliphatic carbocycles. The van der Waals surface area contributed by atoms with Gasteiger partial charge in [0.1, 0.15) is 5.82 Å². The van der Waals surface area contributed by atoms with E-state index in [1.54, 1.807) is 6.07 Å². The number of nitrogens with zero attached hydrogens (tertiary/aromatic N) is 3. The van der Waals surface area contributed by atoms with Gasteiger partial charge in [0.2, 0.25) is 0 Å². The van der Waals surface area contributed by atoms with Crippen molar-refractivity contribution < 1.29 is 10.2 Å². The lowest BCUT2D eigenvalue weighted by molar-refractivity contribution is 0.0474. The van der Waals surface area contributed by atoms with Crippen LogP contribution in [0.2, 0.25) is 0 Å². The Kier molecular flexibility index (Phi) is 6.56. The summed E-state index contributed by atoms with van der Waals surface area (Å²) in [6, 6.07) is 3.53. The van der Waals surface area contributed by atoms with Gasteiger partial charge in [-0.15, -0.1) is 0 Å². The normalized spacial score (nSPS) is 29.9. The molecule has 1 aliphatic heterocycles. The maximum Gasteiger partial charge on any atom is 0.267 e. The third-order valence-corrected chi connectivity index (χ3v) is 7.11. The van der Waals surface area contributed by atoms with E-state index in [0.717, 1.165) is 83.1 Å². The lowest BCUT2D eigenvalue weighted by Gasteiger charge is -2.38. The van der Waals surface area contributed by atoms with Gasteiger partial charge < -0.3 is 20.4 Å². The van der Waals surface area contributed by atoms with Crippen LogP contribution in [0.4, 0.5) is 5.82 Å². The van der Waals surface area contributed by atoms with Gasteiger partial charge in [-0.1, -0.05) is 25.7 Å². The largest absolute Gasteiger partial charge is 0.391 e. The Hall–Kier alpha value is -1.44. The number of piperidine rings is 1. The van der Waals surface area contributed by atoms with E-state index in [-0.39, 0.29) is 11.6 Å². The van der Waals surface area contributed by atoms with E-state index in [1.165, 1.54) is 11.1 Å². The lowest BCUT2D eigenvalue weighted by atomic mass is 9.93. The van der Waals surface area contributed by atoms with Gasteiger partial charge in [-0.2, -0.15) is 5.10 Å². The van der Waals surface area contributed by atoms with Crippen LogP contribution in [0.25, 0.3) is 0 Å². The average molecular weight is 405 g/mol. The molecule has 29 heavy (non-hydrogen) atoms. The van der Waals surface area contributed by atoms with Crippen molar-refractivity contribution in [2.45, 2.75) is 94.4 Å². The highest BCUT2D eigenvalue weighted by Gasteiger charge is 2.32. The third-order valence-electron chi connectivity index (χ3n) is 7.11. The molecule has 3 atom stereocenters. The van der Waals surface area contributed by atoms with E-state index in [1.807, 2.05) is 6.07 Å². The van der Waals surface area contributed by atoms with Crippen molar-refractivity contribution in [1.29, 1.82) is 0 Å². The molecule has 2 heterocycles. The molecule has 3 N–H and O–H groups in total. The Balaban J connectivity index is 1.46. The van der Waals surface area contributed by atoms with Crippen molar-refractivity contribution in [1.82, 2.24) is 15.1 Å². The van der Waals surface area contributed by atoms with E-state index in [4.69, 9.17) is 5.10 Å². The number of rotatable bonds is 6. The first-order valence-corrected chi connectivity index (χ1v) is 11.5. The van der Waals surface area contributed by atoms with Crippen LogP contribution in [-0.2, 0) is 0 Å². The monoisotopic (exact) mass is 404 g/mol. The molecule has 0 aromatic carbocycles. The van der Waals surface area contributed by atoms with Crippen LogP contribution in [0.5, 0.6) is 0 Å². The molecule has 0 bridgehead atoms. The molecule has 1 aromatic heterocycles. The van der Waals surface area contributed by atoms with Crippen LogP contribution < -0.4 is 15.8 Å². The quantitative estimate of drug-likeness (QED) is 0.672. The fourth-order valence-corrected chi connectivity index (χ4v) is 5.38. The minimum atomic E-state index is -0.540. The molecule has 162 valence electrons. The Bertz CT molecular complexity index is 731. The van der Waals surface area contributed by atoms with Crippen LogP contribution in [0, 0.1) is 0 Å². The molecule has 1 saturated heterocycles. The first-order valence-electron chi connectivity index (χ1n) is 11.5. The summed E-state index contributed by atoms with van der Waals surface area (Å²) in [5.74, 6) is 0.827. The molecule has 0 radical (unpaired) electrons. The number of anilines is 1. The molecule has 2 saturated carbocycles. The van der Waals surface area contributed by atoms with Gasteiger partial charge in [-0.05, 0) is 51.0 Å². The molecule has 7 heteroatoms. The van der Waals surface area contributed by atoms with Gasteiger partial charge in [0, 0.05) is 31.7 Å². The fourth-order valence-electron chi connectivity index (χ4n) is 5.38. The summed E-state index contributed by atoms with van der Waals surface area (Å²) in [5.41, 5.74) is -0.669. The van der Waals surface area contributed by atoms with Gasteiger partial charge >= 0.3 is 0 Å². The highest BCUT2D eigenvalue weighted by molar-refractivity contribution is 5.39. The topological polar surface area (TPSA) is 90.6 Å². The Morgan fingerprint density at radius 3 is 2.62 bits per heavy atom. The predicted molar refractivity (Wildman–Crippen MR) is 113 cm³/mol. The van der Waals surface area contributed by atoms with E-state index in [0.29, 0.717) is 12.6 Å². The first kappa shape index (κ1) is 20.8. The van der Waals surface area contributed by atoms with Crippen LogP contribution in [0.1, 0.15) is 76.7 Å². The van der Waals surface area contributed by atoms with E-state index in [9.17, 15) is 15.0 Å². The number of hydrogen-bond acceptors (Lipinski definition) is 6. The van der Waals surface area contributed by atoms with Crippen molar-refractivity contribution in [2.75, 3.05) is 24.5 Å². The standard InChI is InChI=1S/C22H36N4O3/c27-19-9-2-1-8-18(19)26-21(28)11-10-20(24-26)25-14-6-3-7-17(25)15-23-16-22(29)12-4-5-13-22/h10-11,17-19,23,27,29H,1-9,12-16H2. The van der Waals surface area contributed by atoms with Crippen LogP contribution in [-0.4, -0.2) is 57.4 Å². The number of aliphatic hydroxyl groups excluding tert-OH is 1. The number of aliphatic hydroxyl groups is 2. The van der Waals surface area contributed by atoms with Gasteiger partial charge in [-0.3, -0.25) is 4.79 Å². The predicted octanol–water partition coefficient (Wildman–Crippen LogP) is 1.97. The molecular formula is C22H36N4O3. The first-order chi connectivity index (χ1) is 14.1. The van der Waals surface area contributed by atoms with E-state index in [2.05, 4.69) is 10.2 Å². The molecule has 7 nitrogen and oxygen atoms in total. The lowest BCUT2D eigenvalue weighted by Crippen LogP contribution is -2.49. The molecule has 4 rings (SSSR count). The van der Waals surface area contributed by atoms with Gasteiger partial charge in [0.25, 0.3) is 5.56 Å². The summed E-state index contributed by atoms with van der Waals surface area (Å²) in [5, 5.41) is 29.2. The second-order valence-corrected chi connectivity index (χ2v) is 9.30. The second kappa shape index (κ2) is 9.14. The molecule has 0 spiro atoms. The zero-order valence-electron chi connectivity index (χ0n) is 17.4. The maximum atomic E-state index is 12.5. The SMILES string of the molecule is O=c1ccc(N2CCCCC2CNCC2(O)CCCC2)nn1C1CCCCC1O. The molecule has 0 amide bonds. The second-order valence-electron chi connectivity index (χ2n) is 9.30. The molecule has 1 aromatic rings. The van der Waals surface area contributed by atoms with Gasteiger partial charge in [-0.25, -0.2) is 4.68 Å². The van der Waals surface area contributed by atoms with E-state index >= 15 is 0 Å². The Morgan fingerprint density at radius 2 is 1.83 bits per heavy atom. The number of nitrogens with one attached hydrogen (secondary N) is 1. The highest BCUT2D eigenvalue weighted by Crippen LogP contribution is 2.30. The Labute approximate surface area is 173 Å². The zero-order valence-corrected chi connectivity index (χ0v) is 17.4. The van der Waals surface area contributed by atoms with Crippen LogP contribution in [0.15, 0.2) is 16.9 Å². The third kappa shape index (κ3) is 4.84. The summed E-state index contributed by atoms with van der Waals surface area (Å²) in [7, 11) is 0. The van der Waals surface area contributed by atoms with Crippen molar-refractivity contribution in [3.63, 3.8) is 0 Å². The van der Waals surface area contributed by atoms with Crippen molar-refractivity contribution in [3.05, 3.63) is 22.5 Å². The summed E-state index contributed by atoms with van der Waals surface area (Å²) in [6.07, 6.45) is 10.5. The fraction of sp³-hybridized carbons (Fsp3) is 0.818. The number of aromatic nitrogens is 2. The summed E-state index contributed by atoms with van der Waals surface area (Å²) >= 11 is 0. The molecule has 3 unspecified atom stereocenters.